The van der Waals surface area contributed by atoms with Crippen molar-refractivity contribution < 1.29 is 0 Å². The molecule has 0 amide bonds. The first-order chi connectivity index (χ1) is 8.63. The Labute approximate surface area is 116 Å². The molecule has 0 aliphatic carbocycles. The summed E-state index contributed by atoms with van der Waals surface area (Å²) in [5.41, 5.74) is 5.09. The van der Waals surface area contributed by atoms with E-state index < -0.39 is 0 Å². The van der Waals surface area contributed by atoms with E-state index in [-0.39, 0.29) is 6.04 Å². The summed E-state index contributed by atoms with van der Waals surface area (Å²) >= 11 is 7.75. The predicted molar refractivity (Wildman–Crippen MR) is 79.3 cm³/mol. The van der Waals surface area contributed by atoms with Gasteiger partial charge in [0.05, 0.1) is 11.1 Å². The molecule has 2 aromatic rings. The van der Waals surface area contributed by atoms with Crippen LogP contribution in [0.25, 0.3) is 0 Å². The number of hydrazine groups is 1. The zero-order valence-electron chi connectivity index (χ0n) is 10.4. The van der Waals surface area contributed by atoms with Crippen LogP contribution in [-0.2, 0) is 0 Å². The maximum absolute atomic E-state index is 6.15. The number of thiophene rings is 1. The molecule has 1 atom stereocenters. The van der Waals surface area contributed by atoms with E-state index in [2.05, 4.69) is 34.6 Å². The molecule has 5 heteroatoms. The standard InChI is InChI=1S/C13H16ClN3S/c1-17(2)10-5-3-9(4-6-10)12(16-15)13-11(14)7-8-18-13/h3-8,12,16H,15H2,1-2H3. The Balaban J connectivity index is 2.31. The second-order valence-corrected chi connectivity index (χ2v) is 5.57. The fourth-order valence-corrected chi connectivity index (χ4v) is 3.05. The van der Waals surface area contributed by atoms with Crippen molar-refractivity contribution >= 4 is 28.6 Å². The minimum atomic E-state index is -0.0614. The predicted octanol–water partition coefficient (Wildman–Crippen LogP) is 3.02. The van der Waals surface area contributed by atoms with Gasteiger partial charge in [-0.25, -0.2) is 5.43 Å². The summed E-state index contributed by atoms with van der Waals surface area (Å²) in [6.07, 6.45) is 0. The first-order valence-electron chi connectivity index (χ1n) is 5.59. The lowest BCUT2D eigenvalue weighted by Crippen LogP contribution is -2.28. The van der Waals surface area contributed by atoms with E-state index in [1.807, 2.05) is 25.5 Å². The number of anilines is 1. The van der Waals surface area contributed by atoms with Crippen LogP contribution >= 0.6 is 22.9 Å². The van der Waals surface area contributed by atoms with E-state index in [4.69, 9.17) is 17.4 Å². The molecule has 2 rings (SSSR count). The van der Waals surface area contributed by atoms with Crippen molar-refractivity contribution in [2.45, 2.75) is 6.04 Å². The first-order valence-corrected chi connectivity index (χ1v) is 6.85. The van der Waals surface area contributed by atoms with Gasteiger partial charge >= 0.3 is 0 Å². The second-order valence-electron chi connectivity index (χ2n) is 4.22. The Morgan fingerprint density at radius 1 is 1.22 bits per heavy atom. The SMILES string of the molecule is CN(C)c1ccc(C(NN)c2sccc2Cl)cc1. The van der Waals surface area contributed by atoms with Gasteiger partial charge in [-0.2, -0.15) is 0 Å². The molecule has 3 nitrogen and oxygen atoms in total. The molecule has 0 bridgehead atoms. The Morgan fingerprint density at radius 3 is 2.33 bits per heavy atom. The van der Waals surface area contributed by atoms with Crippen LogP contribution in [0.2, 0.25) is 5.02 Å². The summed E-state index contributed by atoms with van der Waals surface area (Å²) in [5.74, 6) is 5.65. The molecule has 0 aliphatic heterocycles. The highest BCUT2D eigenvalue weighted by molar-refractivity contribution is 7.10. The van der Waals surface area contributed by atoms with Gasteiger partial charge in [-0.15, -0.1) is 11.3 Å². The number of nitrogens with one attached hydrogen (secondary N) is 1. The number of benzene rings is 1. The van der Waals surface area contributed by atoms with Gasteiger partial charge < -0.3 is 4.90 Å². The van der Waals surface area contributed by atoms with Crippen LogP contribution < -0.4 is 16.2 Å². The molecule has 0 saturated heterocycles. The zero-order chi connectivity index (χ0) is 13.1. The van der Waals surface area contributed by atoms with Crippen molar-refractivity contribution in [3.05, 3.63) is 51.2 Å². The van der Waals surface area contributed by atoms with Gasteiger partial charge in [0.15, 0.2) is 0 Å². The van der Waals surface area contributed by atoms with E-state index in [1.165, 1.54) is 0 Å². The van der Waals surface area contributed by atoms with E-state index in [1.54, 1.807) is 11.3 Å². The lowest BCUT2D eigenvalue weighted by molar-refractivity contribution is 0.647. The van der Waals surface area contributed by atoms with E-state index in [9.17, 15) is 0 Å². The molecule has 1 heterocycles. The molecule has 1 unspecified atom stereocenters. The molecule has 1 aromatic heterocycles. The third-order valence-electron chi connectivity index (χ3n) is 2.82. The van der Waals surface area contributed by atoms with Crippen LogP contribution in [-0.4, -0.2) is 14.1 Å². The molecule has 18 heavy (non-hydrogen) atoms. The lowest BCUT2D eigenvalue weighted by atomic mass is 10.1. The van der Waals surface area contributed by atoms with Crippen LogP contribution in [0.3, 0.4) is 0 Å². The minimum absolute atomic E-state index is 0.0614. The van der Waals surface area contributed by atoms with Crippen LogP contribution in [0.15, 0.2) is 35.7 Å². The highest BCUT2D eigenvalue weighted by Gasteiger charge is 2.16. The number of hydrogen-bond acceptors (Lipinski definition) is 4. The Morgan fingerprint density at radius 2 is 1.89 bits per heavy atom. The van der Waals surface area contributed by atoms with Crippen molar-refractivity contribution in [3.63, 3.8) is 0 Å². The number of nitrogens with two attached hydrogens (primary N) is 1. The number of rotatable bonds is 4. The summed E-state index contributed by atoms with van der Waals surface area (Å²) in [6.45, 7) is 0. The van der Waals surface area contributed by atoms with Crippen LogP contribution in [0.5, 0.6) is 0 Å². The van der Waals surface area contributed by atoms with Gasteiger partial charge in [-0.05, 0) is 29.1 Å². The summed E-state index contributed by atoms with van der Waals surface area (Å²) in [5, 5.41) is 2.72. The van der Waals surface area contributed by atoms with Gasteiger partial charge in [0.2, 0.25) is 0 Å². The molecular weight excluding hydrogens is 266 g/mol. The first kappa shape index (κ1) is 13.4. The second kappa shape index (κ2) is 5.71. The fraction of sp³-hybridized carbons (Fsp3) is 0.231. The summed E-state index contributed by atoms with van der Waals surface area (Å²) in [6, 6.07) is 10.1. The van der Waals surface area contributed by atoms with Gasteiger partial charge in [0.1, 0.15) is 0 Å². The topological polar surface area (TPSA) is 41.3 Å². The third kappa shape index (κ3) is 2.67. The zero-order valence-corrected chi connectivity index (χ0v) is 11.9. The molecule has 3 N–H and O–H groups in total. The fourth-order valence-electron chi connectivity index (χ4n) is 1.80. The maximum Gasteiger partial charge on any atom is 0.0817 e. The molecule has 0 aliphatic rings. The van der Waals surface area contributed by atoms with Crippen molar-refractivity contribution in [2.75, 3.05) is 19.0 Å². The average molecular weight is 282 g/mol. The molecule has 96 valence electrons. The maximum atomic E-state index is 6.15. The van der Waals surface area contributed by atoms with Crippen LogP contribution in [0, 0.1) is 0 Å². The van der Waals surface area contributed by atoms with Crippen molar-refractivity contribution in [3.8, 4) is 0 Å². The third-order valence-corrected chi connectivity index (χ3v) is 4.24. The summed E-state index contributed by atoms with van der Waals surface area (Å²) < 4.78 is 0. The minimum Gasteiger partial charge on any atom is -0.378 e. The molecule has 0 fully saturated rings. The van der Waals surface area contributed by atoms with Crippen LogP contribution in [0.4, 0.5) is 5.69 Å². The average Bonchev–Trinajstić information content (AvgIpc) is 2.78. The molecule has 0 saturated carbocycles. The van der Waals surface area contributed by atoms with Gasteiger partial charge in [0.25, 0.3) is 0 Å². The monoisotopic (exact) mass is 281 g/mol. The van der Waals surface area contributed by atoms with E-state index in [0.29, 0.717) is 0 Å². The Kier molecular flexibility index (Phi) is 4.24. The largest absolute Gasteiger partial charge is 0.378 e. The number of halogens is 1. The molecule has 0 spiro atoms. The van der Waals surface area contributed by atoms with E-state index in [0.717, 1.165) is 21.2 Å². The number of hydrogen-bond donors (Lipinski definition) is 2. The highest BCUT2D eigenvalue weighted by Crippen LogP contribution is 2.32. The smallest absolute Gasteiger partial charge is 0.0817 e. The van der Waals surface area contributed by atoms with E-state index >= 15 is 0 Å². The number of nitrogens with zero attached hydrogens (tertiary/aromatic N) is 1. The van der Waals surface area contributed by atoms with Gasteiger partial charge in [-0.1, -0.05) is 23.7 Å². The Hall–Kier alpha value is -1.07. The van der Waals surface area contributed by atoms with Crippen LogP contribution in [0.1, 0.15) is 16.5 Å². The molecular formula is C13H16ClN3S. The normalized spacial score (nSPS) is 12.4. The summed E-state index contributed by atoms with van der Waals surface area (Å²) in [4.78, 5) is 3.10. The molecule has 1 aromatic carbocycles. The van der Waals surface area contributed by atoms with Crippen molar-refractivity contribution in [1.29, 1.82) is 0 Å². The Bertz CT molecular complexity index is 507. The quantitative estimate of drug-likeness (QED) is 0.669. The van der Waals surface area contributed by atoms with Crippen molar-refractivity contribution in [2.24, 2.45) is 5.84 Å². The summed E-state index contributed by atoms with van der Waals surface area (Å²) in [7, 11) is 4.04. The molecule has 0 radical (unpaired) electrons. The highest BCUT2D eigenvalue weighted by atomic mass is 35.5. The van der Waals surface area contributed by atoms with Gasteiger partial charge in [0, 0.05) is 24.7 Å². The van der Waals surface area contributed by atoms with Gasteiger partial charge in [-0.3, -0.25) is 5.84 Å². The van der Waals surface area contributed by atoms with Crippen molar-refractivity contribution in [1.82, 2.24) is 5.43 Å². The lowest BCUT2D eigenvalue weighted by Gasteiger charge is -2.18.